The van der Waals surface area contributed by atoms with Gasteiger partial charge in [-0.15, -0.1) is 0 Å². The number of nitrogens with two attached hydrogens (primary N) is 1. The van der Waals surface area contributed by atoms with Gasteiger partial charge in [0.15, 0.2) is 5.82 Å². The predicted molar refractivity (Wildman–Crippen MR) is 103 cm³/mol. The van der Waals surface area contributed by atoms with Crippen LogP contribution in [0.2, 0.25) is 10.0 Å². The van der Waals surface area contributed by atoms with Crippen molar-refractivity contribution in [3.8, 4) is 11.6 Å². The fourth-order valence-electron chi connectivity index (χ4n) is 2.43. The molecule has 1 atom stereocenters. The Morgan fingerprint density at radius 1 is 1.29 bits per heavy atom. The quantitative estimate of drug-likeness (QED) is 0.469. The van der Waals surface area contributed by atoms with E-state index in [0.29, 0.717) is 12.2 Å². The van der Waals surface area contributed by atoms with E-state index >= 15 is 0 Å². The van der Waals surface area contributed by atoms with Crippen LogP contribution in [0.15, 0.2) is 27.9 Å². The maximum atomic E-state index is 12.9. The molecule has 0 aliphatic heterocycles. The van der Waals surface area contributed by atoms with Crippen molar-refractivity contribution in [2.24, 2.45) is 5.92 Å². The summed E-state index contributed by atoms with van der Waals surface area (Å²) in [5.74, 6) is 0.695. The van der Waals surface area contributed by atoms with Crippen molar-refractivity contribution in [2.45, 2.75) is 31.2 Å². The monoisotopic (exact) mass is 445 g/mol. The molecule has 10 nitrogen and oxygen atoms in total. The van der Waals surface area contributed by atoms with Crippen molar-refractivity contribution < 1.29 is 12.9 Å². The number of aromatic amines is 1. The Morgan fingerprint density at radius 3 is 2.54 bits per heavy atom. The van der Waals surface area contributed by atoms with Gasteiger partial charge in [-0.1, -0.05) is 42.2 Å². The van der Waals surface area contributed by atoms with E-state index in [4.69, 9.17) is 33.5 Å². The summed E-state index contributed by atoms with van der Waals surface area (Å²) in [6.45, 7) is 3.87. The number of nitrogens with one attached hydrogen (secondary N) is 2. The maximum absolute atomic E-state index is 12.9. The second kappa shape index (κ2) is 8.03. The van der Waals surface area contributed by atoms with Gasteiger partial charge in [0.05, 0.1) is 20.6 Å². The first kappa shape index (κ1) is 20.5. The third-order valence-corrected chi connectivity index (χ3v) is 5.81. The lowest BCUT2D eigenvalue weighted by atomic mass is 10.0. The van der Waals surface area contributed by atoms with Crippen molar-refractivity contribution in [2.75, 3.05) is 5.73 Å². The number of aromatic nitrogens is 5. The first-order valence-electron chi connectivity index (χ1n) is 8.13. The summed E-state index contributed by atoms with van der Waals surface area (Å²) in [7, 11) is -4.00. The largest absolute Gasteiger partial charge is 0.396 e. The standard InChI is InChI=1S/C15H17Cl2N7O3S/c1-7(2)3-11(15-21-14(23-27-15)13-19-6-20-22-13)24-28(25,26)8-4-9(16)12(18)10(17)5-8/h4-7,11,24H,3,18H2,1-2H3,(H,19,20,22)/t11-/m0/s1. The van der Waals surface area contributed by atoms with Gasteiger partial charge in [0, 0.05) is 0 Å². The Labute approximate surface area is 170 Å². The van der Waals surface area contributed by atoms with Crippen molar-refractivity contribution in [3.63, 3.8) is 0 Å². The zero-order chi connectivity index (χ0) is 20.5. The van der Waals surface area contributed by atoms with Gasteiger partial charge in [-0.05, 0) is 24.5 Å². The van der Waals surface area contributed by atoms with E-state index in [9.17, 15) is 8.42 Å². The highest BCUT2D eigenvalue weighted by molar-refractivity contribution is 7.89. The highest BCUT2D eigenvalue weighted by Crippen LogP contribution is 2.32. The molecule has 0 bridgehead atoms. The smallest absolute Gasteiger partial charge is 0.245 e. The summed E-state index contributed by atoms with van der Waals surface area (Å²) in [4.78, 5) is 8.04. The van der Waals surface area contributed by atoms with Gasteiger partial charge in [-0.2, -0.15) is 14.8 Å². The molecule has 2 aromatic heterocycles. The van der Waals surface area contributed by atoms with E-state index in [0.717, 1.165) is 0 Å². The molecule has 3 rings (SSSR count). The van der Waals surface area contributed by atoms with Crippen LogP contribution in [-0.2, 0) is 10.0 Å². The molecule has 28 heavy (non-hydrogen) atoms. The number of anilines is 1. The summed E-state index contributed by atoms with van der Waals surface area (Å²) >= 11 is 11.9. The lowest BCUT2D eigenvalue weighted by Gasteiger charge is -2.17. The van der Waals surface area contributed by atoms with Crippen LogP contribution in [0, 0.1) is 5.92 Å². The van der Waals surface area contributed by atoms with E-state index < -0.39 is 16.1 Å². The topological polar surface area (TPSA) is 153 Å². The van der Waals surface area contributed by atoms with Crippen molar-refractivity contribution in [3.05, 3.63) is 34.4 Å². The second-order valence-corrected chi connectivity index (χ2v) is 8.92. The van der Waals surface area contributed by atoms with Crippen molar-refractivity contribution >= 4 is 38.9 Å². The van der Waals surface area contributed by atoms with Gasteiger partial charge >= 0.3 is 0 Å². The molecular weight excluding hydrogens is 429 g/mol. The van der Waals surface area contributed by atoms with Crippen molar-refractivity contribution in [1.29, 1.82) is 0 Å². The average Bonchev–Trinajstić information content (AvgIpc) is 3.29. The van der Waals surface area contributed by atoms with Gasteiger partial charge in [0.1, 0.15) is 12.4 Å². The molecule has 0 unspecified atom stereocenters. The summed E-state index contributed by atoms with van der Waals surface area (Å²) in [6.07, 6.45) is 1.71. The van der Waals surface area contributed by atoms with Gasteiger partial charge in [-0.25, -0.2) is 13.4 Å². The summed E-state index contributed by atoms with van der Waals surface area (Å²) < 4.78 is 33.5. The van der Waals surface area contributed by atoms with E-state index in [2.05, 4.69) is 30.0 Å². The molecule has 3 aromatic rings. The molecule has 0 aliphatic rings. The molecule has 150 valence electrons. The fourth-order valence-corrected chi connectivity index (χ4v) is 4.30. The summed E-state index contributed by atoms with van der Waals surface area (Å²) in [5, 5.41) is 10.2. The van der Waals surface area contributed by atoms with E-state index in [1.165, 1.54) is 18.5 Å². The normalized spacial score (nSPS) is 13.2. The minimum Gasteiger partial charge on any atom is -0.396 e. The first-order valence-corrected chi connectivity index (χ1v) is 10.4. The summed E-state index contributed by atoms with van der Waals surface area (Å²) in [6, 6.07) is 1.68. The number of halogens is 2. The number of rotatable bonds is 7. The van der Waals surface area contributed by atoms with Crippen LogP contribution in [0.4, 0.5) is 5.69 Å². The van der Waals surface area contributed by atoms with Crippen LogP contribution in [0.3, 0.4) is 0 Å². The molecule has 1 aromatic carbocycles. The molecule has 0 saturated heterocycles. The number of hydrogen-bond donors (Lipinski definition) is 3. The molecule has 0 spiro atoms. The van der Waals surface area contributed by atoms with Crippen LogP contribution in [-0.4, -0.2) is 33.7 Å². The van der Waals surface area contributed by atoms with Crippen molar-refractivity contribution in [1.82, 2.24) is 30.0 Å². The highest BCUT2D eigenvalue weighted by atomic mass is 35.5. The van der Waals surface area contributed by atoms with Crippen LogP contribution >= 0.6 is 23.2 Å². The third-order valence-electron chi connectivity index (χ3n) is 3.73. The SMILES string of the molecule is CC(C)C[C@H](NS(=O)(=O)c1cc(Cl)c(N)c(Cl)c1)c1nc(-c2ncn[nH]2)no1. The first-order chi connectivity index (χ1) is 13.2. The van der Waals surface area contributed by atoms with Crippen LogP contribution in [0.1, 0.15) is 32.2 Å². The Kier molecular flexibility index (Phi) is 5.89. The molecule has 4 N–H and O–H groups in total. The average molecular weight is 446 g/mol. The van der Waals surface area contributed by atoms with Crippen LogP contribution in [0.25, 0.3) is 11.6 Å². The molecule has 0 fully saturated rings. The second-order valence-electron chi connectivity index (χ2n) is 6.39. The minimum atomic E-state index is -4.00. The minimum absolute atomic E-state index is 0.0404. The Bertz CT molecular complexity index is 1040. The van der Waals surface area contributed by atoms with Crippen LogP contribution < -0.4 is 10.5 Å². The molecule has 13 heteroatoms. The van der Waals surface area contributed by atoms with Gasteiger partial charge in [0.25, 0.3) is 0 Å². The third kappa shape index (κ3) is 4.43. The summed E-state index contributed by atoms with van der Waals surface area (Å²) in [5.41, 5.74) is 5.78. The number of hydrogen-bond acceptors (Lipinski definition) is 8. The number of benzene rings is 1. The number of H-pyrrole nitrogens is 1. The number of nitrogens with zero attached hydrogens (tertiary/aromatic N) is 4. The lowest BCUT2D eigenvalue weighted by Crippen LogP contribution is -2.30. The molecule has 2 heterocycles. The van der Waals surface area contributed by atoms with Gasteiger partial charge in [0.2, 0.25) is 21.7 Å². The Hall–Kier alpha value is -2.21. The highest BCUT2D eigenvalue weighted by Gasteiger charge is 2.28. The Balaban J connectivity index is 1.92. The number of nitrogen functional groups attached to an aromatic ring is 1. The molecule has 0 saturated carbocycles. The van der Waals surface area contributed by atoms with Gasteiger partial charge < -0.3 is 10.3 Å². The van der Waals surface area contributed by atoms with E-state index in [1.54, 1.807) is 0 Å². The zero-order valence-electron chi connectivity index (χ0n) is 14.8. The maximum Gasteiger partial charge on any atom is 0.245 e. The molecular formula is C15H17Cl2N7O3S. The van der Waals surface area contributed by atoms with Crippen LogP contribution in [0.5, 0.6) is 0 Å². The van der Waals surface area contributed by atoms with E-state index in [-0.39, 0.29) is 38.3 Å². The van der Waals surface area contributed by atoms with Gasteiger partial charge in [-0.3, -0.25) is 5.10 Å². The van der Waals surface area contributed by atoms with E-state index in [1.807, 2.05) is 13.8 Å². The molecule has 0 amide bonds. The predicted octanol–water partition coefficient (Wildman–Crippen LogP) is 2.81. The molecule has 0 aliphatic carbocycles. The number of sulfonamides is 1. The fraction of sp³-hybridized carbons (Fsp3) is 0.333. The lowest BCUT2D eigenvalue weighted by molar-refractivity contribution is 0.323. The zero-order valence-corrected chi connectivity index (χ0v) is 17.2. The Morgan fingerprint density at radius 2 is 1.96 bits per heavy atom. The molecule has 0 radical (unpaired) electrons.